The second-order valence-corrected chi connectivity index (χ2v) is 5.90. The molecule has 1 aliphatic rings. The highest BCUT2D eigenvalue weighted by Gasteiger charge is 2.30. The van der Waals surface area contributed by atoms with E-state index in [0.717, 1.165) is 37.6 Å². The van der Waals surface area contributed by atoms with E-state index in [1.807, 2.05) is 12.1 Å². The Bertz CT molecular complexity index is 409. The van der Waals surface area contributed by atoms with E-state index in [0.29, 0.717) is 6.10 Å². The molecule has 0 aliphatic carbocycles. The van der Waals surface area contributed by atoms with Gasteiger partial charge in [-0.1, -0.05) is 37.6 Å². The molecular formula is C16H25ClN2O. The molecule has 4 heteroatoms. The van der Waals surface area contributed by atoms with Crippen LogP contribution in [-0.2, 0) is 4.74 Å². The molecule has 1 heterocycles. The summed E-state index contributed by atoms with van der Waals surface area (Å²) in [5, 5.41) is 0.769. The molecule has 0 spiro atoms. The Hall–Kier alpha value is -0.610. The minimum atomic E-state index is 0.131. The van der Waals surface area contributed by atoms with Crippen molar-refractivity contribution in [3.63, 3.8) is 0 Å². The molecule has 1 saturated heterocycles. The smallest absolute Gasteiger partial charge is 0.0700 e. The molecule has 1 fully saturated rings. The fourth-order valence-electron chi connectivity index (χ4n) is 2.85. The summed E-state index contributed by atoms with van der Waals surface area (Å²) >= 11 is 6.00. The van der Waals surface area contributed by atoms with Gasteiger partial charge in [0.05, 0.1) is 18.8 Å². The van der Waals surface area contributed by atoms with Crippen LogP contribution in [0.5, 0.6) is 0 Å². The zero-order valence-electron chi connectivity index (χ0n) is 12.4. The van der Waals surface area contributed by atoms with Crippen LogP contribution >= 0.6 is 11.6 Å². The predicted molar refractivity (Wildman–Crippen MR) is 84.1 cm³/mol. The number of nitrogens with two attached hydrogens (primary N) is 1. The molecule has 3 unspecified atom stereocenters. The highest BCUT2D eigenvalue weighted by molar-refractivity contribution is 6.30. The summed E-state index contributed by atoms with van der Waals surface area (Å²) in [7, 11) is 0. The highest BCUT2D eigenvalue weighted by Crippen LogP contribution is 2.28. The minimum absolute atomic E-state index is 0.131. The lowest BCUT2D eigenvalue weighted by Gasteiger charge is -2.40. The predicted octanol–water partition coefficient (Wildman–Crippen LogP) is 3.23. The van der Waals surface area contributed by atoms with Gasteiger partial charge in [0.25, 0.3) is 0 Å². The van der Waals surface area contributed by atoms with Gasteiger partial charge in [-0.3, -0.25) is 4.90 Å². The van der Waals surface area contributed by atoms with Gasteiger partial charge in [-0.15, -0.1) is 0 Å². The fraction of sp³-hybridized carbons (Fsp3) is 0.625. The maximum atomic E-state index is 6.39. The van der Waals surface area contributed by atoms with Crippen molar-refractivity contribution < 1.29 is 4.74 Å². The molecule has 1 aliphatic heterocycles. The van der Waals surface area contributed by atoms with Crippen LogP contribution < -0.4 is 5.73 Å². The van der Waals surface area contributed by atoms with Gasteiger partial charge in [0.2, 0.25) is 0 Å². The first-order chi connectivity index (χ1) is 9.65. The first-order valence-electron chi connectivity index (χ1n) is 7.52. The van der Waals surface area contributed by atoms with Gasteiger partial charge < -0.3 is 10.5 Å². The first-order valence-corrected chi connectivity index (χ1v) is 7.90. The third kappa shape index (κ3) is 3.73. The molecule has 2 rings (SSSR count). The number of morpholine rings is 1. The van der Waals surface area contributed by atoms with Crippen LogP contribution in [0, 0.1) is 0 Å². The third-order valence-electron chi connectivity index (χ3n) is 4.11. The number of nitrogens with zero attached hydrogens (tertiary/aromatic N) is 1. The van der Waals surface area contributed by atoms with E-state index >= 15 is 0 Å². The summed E-state index contributed by atoms with van der Waals surface area (Å²) in [6.45, 7) is 7.00. The van der Waals surface area contributed by atoms with Crippen LogP contribution in [0.3, 0.4) is 0 Å². The molecule has 0 amide bonds. The van der Waals surface area contributed by atoms with Crippen LogP contribution in [0.15, 0.2) is 24.3 Å². The molecule has 0 radical (unpaired) electrons. The van der Waals surface area contributed by atoms with E-state index in [4.69, 9.17) is 22.1 Å². The average Bonchev–Trinajstić information content (AvgIpc) is 2.49. The van der Waals surface area contributed by atoms with E-state index in [1.54, 1.807) is 0 Å². The average molecular weight is 297 g/mol. The van der Waals surface area contributed by atoms with Crippen molar-refractivity contribution >= 4 is 11.6 Å². The lowest BCUT2D eigenvalue weighted by Crippen LogP contribution is -2.49. The normalized spacial score (nSPS) is 23.5. The Morgan fingerprint density at radius 1 is 1.35 bits per heavy atom. The largest absolute Gasteiger partial charge is 0.376 e. The van der Waals surface area contributed by atoms with Crippen LogP contribution in [0.2, 0.25) is 5.02 Å². The van der Waals surface area contributed by atoms with Crippen LogP contribution in [-0.4, -0.2) is 36.7 Å². The Labute approximate surface area is 127 Å². The quantitative estimate of drug-likeness (QED) is 0.906. The van der Waals surface area contributed by atoms with Gasteiger partial charge in [0.15, 0.2) is 0 Å². The third-order valence-corrected chi connectivity index (χ3v) is 4.36. The molecule has 0 saturated carbocycles. The second-order valence-electron chi connectivity index (χ2n) is 5.46. The van der Waals surface area contributed by atoms with Crippen molar-refractivity contribution in [3.05, 3.63) is 34.9 Å². The van der Waals surface area contributed by atoms with Crippen molar-refractivity contribution in [1.29, 1.82) is 0 Å². The Morgan fingerprint density at radius 2 is 2.05 bits per heavy atom. The maximum absolute atomic E-state index is 6.39. The van der Waals surface area contributed by atoms with Crippen LogP contribution in [0.4, 0.5) is 0 Å². The molecule has 3 atom stereocenters. The number of ether oxygens (including phenoxy) is 1. The van der Waals surface area contributed by atoms with E-state index in [-0.39, 0.29) is 12.1 Å². The molecule has 1 aromatic carbocycles. The van der Waals surface area contributed by atoms with Crippen molar-refractivity contribution in [3.8, 4) is 0 Å². The number of benzene rings is 1. The molecule has 0 bridgehead atoms. The molecule has 20 heavy (non-hydrogen) atoms. The number of rotatable bonds is 5. The van der Waals surface area contributed by atoms with Gasteiger partial charge in [0.1, 0.15) is 0 Å². The SMILES string of the molecule is CCC1CN(C(c2ccc(Cl)cc2)C(N)CC)CCO1. The summed E-state index contributed by atoms with van der Waals surface area (Å²) in [6, 6.07) is 8.47. The first kappa shape index (κ1) is 15.8. The summed E-state index contributed by atoms with van der Waals surface area (Å²) in [5.41, 5.74) is 7.64. The summed E-state index contributed by atoms with van der Waals surface area (Å²) in [5.74, 6) is 0. The fourth-order valence-corrected chi connectivity index (χ4v) is 2.98. The second kappa shape index (κ2) is 7.41. The highest BCUT2D eigenvalue weighted by atomic mass is 35.5. The Kier molecular flexibility index (Phi) is 5.85. The zero-order chi connectivity index (χ0) is 14.5. The molecule has 3 nitrogen and oxygen atoms in total. The Balaban J connectivity index is 2.20. The maximum Gasteiger partial charge on any atom is 0.0700 e. The van der Waals surface area contributed by atoms with Crippen LogP contribution in [0.1, 0.15) is 38.3 Å². The van der Waals surface area contributed by atoms with Gasteiger partial charge in [0, 0.05) is 24.2 Å². The van der Waals surface area contributed by atoms with E-state index in [2.05, 4.69) is 30.9 Å². The number of hydrogen-bond donors (Lipinski definition) is 1. The van der Waals surface area contributed by atoms with Gasteiger partial charge >= 0.3 is 0 Å². The molecular weight excluding hydrogens is 272 g/mol. The number of halogens is 1. The summed E-state index contributed by atoms with van der Waals surface area (Å²) in [6.07, 6.45) is 2.33. The Morgan fingerprint density at radius 3 is 2.65 bits per heavy atom. The van der Waals surface area contributed by atoms with Gasteiger partial charge in [-0.25, -0.2) is 0 Å². The van der Waals surface area contributed by atoms with Crippen LogP contribution in [0.25, 0.3) is 0 Å². The standard InChI is InChI=1S/C16H25ClN2O/c1-3-14-11-19(9-10-20-14)16(15(18)4-2)12-5-7-13(17)8-6-12/h5-8,14-16H,3-4,9-11,18H2,1-2H3. The van der Waals surface area contributed by atoms with Gasteiger partial charge in [-0.2, -0.15) is 0 Å². The molecule has 2 N–H and O–H groups in total. The van der Waals surface area contributed by atoms with E-state index in [1.165, 1.54) is 5.56 Å². The van der Waals surface area contributed by atoms with E-state index < -0.39 is 0 Å². The summed E-state index contributed by atoms with van der Waals surface area (Å²) < 4.78 is 5.77. The summed E-state index contributed by atoms with van der Waals surface area (Å²) in [4.78, 5) is 2.47. The lowest BCUT2D eigenvalue weighted by molar-refractivity contribution is -0.0486. The monoisotopic (exact) mass is 296 g/mol. The van der Waals surface area contributed by atoms with Crippen molar-refractivity contribution in [2.24, 2.45) is 5.73 Å². The van der Waals surface area contributed by atoms with Gasteiger partial charge in [-0.05, 0) is 30.5 Å². The van der Waals surface area contributed by atoms with Crippen molar-refractivity contribution in [2.45, 2.75) is 44.9 Å². The minimum Gasteiger partial charge on any atom is -0.376 e. The lowest BCUT2D eigenvalue weighted by atomic mass is 9.95. The van der Waals surface area contributed by atoms with Crippen molar-refractivity contribution in [2.75, 3.05) is 19.7 Å². The van der Waals surface area contributed by atoms with E-state index in [9.17, 15) is 0 Å². The zero-order valence-corrected chi connectivity index (χ0v) is 13.1. The van der Waals surface area contributed by atoms with Crippen molar-refractivity contribution in [1.82, 2.24) is 4.90 Å². The number of hydrogen-bond acceptors (Lipinski definition) is 3. The molecule has 1 aromatic rings. The topological polar surface area (TPSA) is 38.5 Å². The molecule has 0 aromatic heterocycles. The molecule has 112 valence electrons.